The van der Waals surface area contributed by atoms with Crippen molar-refractivity contribution in [2.45, 2.75) is 30.2 Å². The molecule has 1 aliphatic carbocycles. The van der Waals surface area contributed by atoms with Crippen LogP contribution in [0.4, 0.5) is 0 Å². The number of hydrogen-bond donors (Lipinski definition) is 1. The molecule has 0 heterocycles. The summed E-state index contributed by atoms with van der Waals surface area (Å²) in [6.45, 7) is 0. The van der Waals surface area contributed by atoms with Gasteiger partial charge in [0, 0.05) is 10.5 Å². The summed E-state index contributed by atoms with van der Waals surface area (Å²) in [5, 5.41) is 0.502. The van der Waals surface area contributed by atoms with Gasteiger partial charge in [0.2, 0.25) is 10.0 Å². The Kier molecular flexibility index (Phi) is 3.59. The number of halogens is 2. The minimum absolute atomic E-state index is 0.0967. The number of nitrogens with one attached hydrogen (secondary N) is 1. The van der Waals surface area contributed by atoms with E-state index in [1.165, 1.54) is 12.1 Å². The highest BCUT2D eigenvalue weighted by molar-refractivity contribution is 9.10. The number of sulfonamides is 1. The molecule has 0 saturated heterocycles. The van der Waals surface area contributed by atoms with Gasteiger partial charge in [0.25, 0.3) is 0 Å². The Morgan fingerprint density at radius 3 is 2.56 bits per heavy atom. The van der Waals surface area contributed by atoms with E-state index in [2.05, 4.69) is 20.7 Å². The monoisotopic (exact) mass is 323 g/mol. The zero-order chi connectivity index (χ0) is 11.8. The van der Waals surface area contributed by atoms with Crippen LogP contribution in [0.25, 0.3) is 0 Å². The molecule has 3 nitrogen and oxygen atoms in total. The second-order valence-corrected chi connectivity index (χ2v) is 6.80. The van der Waals surface area contributed by atoms with Crippen LogP contribution in [0.1, 0.15) is 19.3 Å². The van der Waals surface area contributed by atoms with Gasteiger partial charge in [-0.2, -0.15) is 0 Å². The quantitative estimate of drug-likeness (QED) is 0.929. The molecule has 2 rings (SSSR count). The van der Waals surface area contributed by atoms with E-state index in [1.54, 1.807) is 6.07 Å². The lowest BCUT2D eigenvalue weighted by Crippen LogP contribution is -2.39. The van der Waals surface area contributed by atoms with Gasteiger partial charge in [-0.3, -0.25) is 0 Å². The van der Waals surface area contributed by atoms with Crippen LogP contribution in [0.2, 0.25) is 5.02 Å². The average Bonchev–Trinajstić information content (AvgIpc) is 2.16. The summed E-state index contributed by atoms with van der Waals surface area (Å²) in [7, 11) is -3.40. The molecule has 0 radical (unpaired) electrons. The molecule has 6 heteroatoms. The van der Waals surface area contributed by atoms with Crippen LogP contribution in [0, 0.1) is 0 Å². The minimum atomic E-state index is -3.40. The SMILES string of the molecule is O=S(=O)(NC1CCC1)c1ccc(Cl)c(Br)c1. The van der Waals surface area contributed by atoms with Crippen LogP contribution >= 0.6 is 27.5 Å². The highest BCUT2D eigenvalue weighted by atomic mass is 79.9. The summed E-state index contributed by atoms with van der Waals surface area (Å²) in [5.41, 5.74) is 0. The molecule has 0 amide bonds. The maximum Gasteiger partial charge on any atom is 0.240 e. The first kappa shape index (κ1) is 12.4. The van der Waals surface area contributed by atoms with Gasteiger partial charge < -0.3 is 0 Å². The molecule has 0 aromatic heterocycles. The normalized spacial score (nSPS) is 17.1. The second kappa shape index (κ2) is 4.64. The van der Waals surface area contributed by atoms with E-state index in [0.717, 1.165) is 19.3 Å². The molecule has 1 aliphatic rings. The summed E-state index contributed by atoms with van der Waals surface area (Å²) in [4.78, 5) is 0.246. The lowest BCUT2D eigenvalue weighted by atomic mass is 9.94. The van der Waals surface area contributed by atoms with Crippen LogP contribution in [0.15, 0.2) is 27.6 Å². The molecular weight excluding hydrogens is 314 g/mol. The standard InChI is InChI=1S/C10H11BrClNO2S/c11-9-6-8(4-5-10(9)12)16(14,15)13-7-2-1-3-7/h4-7,13H,1-3H2. The third-order valence-electron chi connectivity index (χ3n) is 2.63. The van der Waals surface area contributed by atoms with E-state index in [4.69, 9.17) is 11.6 Å². The van der Waals surface area contributed by atoms with Crippen molar-refractivity contribution in [1.82, 2.24) is 4.72 Å². The Balaban J connectivity index is 2.24. The lowest BCUT2D eigenvalue weighted by molar-refractivity contribution is 0.383. The third kappa shape index (κ3) is 2.59. The maximum atomic E-state index is 11.9. The van der Waals surface area contributed by atoms with Gasteiger partial charge in [-0.05, 0) is 47.0 Å². The van der Waals surface area contributed by atoms with Crippen molar-refractivity contribution in [1.29, 1.82) is 0 Å². The molecule has 1 aromatic carbocycles. The number of rotatable bonds is 3. The Hall–Kier alpha value is -0.100. The second-order valence-electron chi connectivity index (χ2n) is 3.83. The van der Waals surface area contributed by atoms with Gasteiger partial charge in [0.15, 0.2) is 0 Å². The van der Waals surface area contributed by atoms with Crippen LogP contribution in [-0.2, 0) is 10.0 Å². The molecule has 1 aromatic rings. The van der Waals surface area contributed by atoms with Crippen molar-refractivity contribution in [3.63, 3.8) is 0 Å². The van der Waals surface area contributed by atoms with Crippen molar-refractivity contribution in [3.05, 3.63) is 27.7 Å². The molecule has 1 saturated carbocycles. The van der Waals surface area contributed by atoms with Crippen molar-refractivity contribution in [3.8, 4) is 0 Å². The van der Waals surface area contributed by atoms with Crippen LogP contribution in [0.5, 0.6) is 0 Å². The van der Waals surface area contributed by atoms with E-state index in [0.29, 0.717) is 9.50 Å². The van der Waals surface area contributed by atoms with Crippen molar-refractivity contribution in [2.24, 2.45) is 0 Å². The van der Waals surface area contributed by atoms with Crippen LogP contribution in [-0.4, -0.2) is 14.5 Å². The molecule has 0 atom stereocenters. The molecule has 16 heavy (non-hydrogen) atoms. The van der Waals surface area contributed by atoms with E-state index >= 15 is 0 Å². The van der Waals surface area contributed by atoms with Crippen molar-refractivity contribution < 1.29 is 8.42 Å². The predicted molar refractivity (Wildman–Crippen MR) is 67.1 cm³/mol. The maximum absolute atomic E-state index is 11.9. The largest absolute Gasteiger partial charge is 0.240 e. The smallest absolute Gasteiger partial charge is 0.208 e. The van der Waals surface area contributed by atoms with Gasteiger partial charge in [0.05, 0.1) is 9.92 Å². The van der Waals surface area contributed by atoms with Crippen molar-refractivity contribution >= 4 is 37.6 Å². The Morgan fingerprint density at radius 2 is 2.06 bits per heavy atom. The van der Waals surface area contributed by atoms with E-state index in [1.807, 2.05) is 0 Å². The fourth-order valence-electron chi connectivity index (χ4n) is 1.46. The van der Waals surface area contributed by atoms with E-state index < -0.39 is 10.0 Å². The molecular formula is C10H11BrClNO2S. The highest BCUT2D eigenvalue weighted by Crippen LogP contribution is 2.26. The lowest BCUT2D eigenvalue weighted by Gasteiger charge is -2.26. The molecule has 0 bridgehead atoms. The Bertz CT molecular complexity index is 500. The van der Waals surface area contributed by atoms with Crippen LogP contribution in [0.3, 0.4) is 0 Å². The molecule has 0 unspecified atom stereocenters. The number of benzene rings is 1. The van der Waals surface area contributed by atoms with Gasteiger partial charge in [0.1, 0.15) is 0 Å². The van der Waals surface area contributed by atoms with Gasteiger partial charge in [-0.1, -0.05) is 18.0 Å². The van der Waals surface area contributed by atoms with Crippen molar-refractivity contribution in [2.75, 3.05) is 0 Å². The Labute approximate surface area is 108 Å². The highest BCUT2D eigenvalue weighted by Gasteiger charge is 2.24. The summed E-state index contributed by atoms with van der Waals surface area (Å²) in [5.74, 6) is 0. The molecule has 1 fully saturated rings. The minimum Gasteiger partial charge on any atom is -0.208 e. The van der Waals surface area contributed by atoms with Gasteiger partial charge in [-0.25, -0.2) is 13.1 Å². The first-order chi connectivity index (χ1) is 7.49. The average molecular weight is 325 g/mol. The van der Waals surface area contributed by atoms with E-state index in [9.17, 15) is 8.42 Å². The van der Waals surface area contributed by atoms with Crippen LogP contribution < -0.4 is 4.72 Å². The first-order valence-corrected chi connectivity index (χ1v) is 7.62. The zero-order valence-corrected chi connectivity index (χ0v) is 11.6. The fourth-order valence-corrected chi connectivity index (χ4v) is 3.44. The molecule has 1 N–H and O–H groups in total. The summed E-state index contributed by atoms with van der Waals surface area (Å²) in [6, 6.07) is 4.69. The predicted octanol–water partition coefficient (Wildman–Crippen LogP) is 2.93. The Morgan fingerprint density at radius 1 is 1.38 bits per heavy atom. The summed E-state index contributed by atoms with van der Waals surface area (Å²) >= 11 is 9.02. The summed E-state index contributed by atoms with van der Waals surface area (Å²) < 4.78 is 27.1. The zero-order valence-electron chi connectivity index (χ0n) is 8.41. The van der Waals surface area contributed by atoms with E-state index in [-0.39, 0.29) is 10.9 Å². The summed E-state index contributed by atoms with van der Waals surface area (Å²) in [6.07, 6.45) is 2.94. The van der Waals surface area contributed by atoms with Gasteiger partial charge in [-0.15, -0.1) is 0 Å². The first-order valence-electron chi connectivity index (χ1n) is 4.96. The van der Waals surface area contributed by atoms with Gasteiger partial charge >= 0.3 is 0 Å². The third-order valence-corrected chi connectivity index (χ3v) is 5.36. The number of hydrogen-bond acceptors (Lipinski definition) is 2. The molecule has 0 spiro atoms. The topological polar surface area (TPSA) is 46.2 Å². The molecule has 0 aliphatic heterocycles. The fraction of sp³-hybridized carbons (Fsp3) is 0.400. The molecule has 88 valence electrons.